The van der Waals surface area contributed by atoms with Crippen molar-refractivity contribution in [2.75, 3.05) is 36.4 Å². The summed E-state index contributed by atoms with van der Waals surface area (Å²) in [6.45, 7) is 8.68. The van der Waals surface area contributed by atoms with Crippen LogP contribution in [0.5, 0.6) is 0 Å². The molecule has 0 saturated carbocycles. The molecule has 2 aromatic rings. The van der Waals surface area contributed by atoms with E-state index >= 15 is 0 Å². The minimum Gasteiger partial charge on any atom is -0.368 e. The van der Waals surface area contributed by atoms with Crippen LogP contribution in [0.15, 0.2) is 36.5 Å². The van der Waals surface area contributed by atoms with Gasteiger partial charge >= 0.3 is 0 Å². The van der Waals surface area contributed by atoms with E-state index in [1.54, 1.807) is 13.1 Å². The van der Waals surface area contributed by atoms with Crippen LogP contribution in [0.25, 0.3) is 0 Å². The van der Waals surface area contributed by atoms with Crippen molar-refractivity contribution in [2.24, 2.45) is 0 Å². The fourth-order valence-corrected chi connectivity index (χ4v) is 3.60. The Morgan fingerprint density at radius 1 is 1.04 bits per heavy atom. The molecule has 1 N–H and O–H groups in total. The standard InChI is InChI=1S/C22H28N4O2/c1-4-17-7-6-8-18(5-2)21(17)24-22(28)20-15-19(9-10-23-20)26-13-11-25(12-14-26)16(3)27/h6-10,15H,4-5,11-14H2,1-3H3,(H,24,28). The number of rotatable bonds is 5. The summed E-state index contributed by atoms with van der Waals surface area (Å²) in [5.74, 6) is -0.0874. The molecule has 0 unspecified atom stereocenters. The SMILES string of the molecule is CCc1cccc(CC)c1NC(=O)c1cc(N2CCN(C(C)=O)CC2)ccn1. The quantitative estimate of drug-likeness (QED) is 0.866. The number of pyridine rings is 1. The van der Waals surface area contributed by atoms with E-state index in [9.17, 15) is 9.59 Å². The normalized spacial score (nSPS) is 14.1. The summed E-state index contributed by atoms with van der Waals surface area (Å²) in [4.78, 5) is 32.7. The van der Waals surface area contributed by atoms with E-state index in [1.807, 2.05) is 35.2 Å². The lowest BCUT2D eigenvalue weighted by atomic mass is 10.0. The van der Waals surface area contributed by atoms with Gasteiger partial charge in [-0.25, -0.2) is 0 Å². The van der Waals surface area contributed by atoms with Crippen molar-refractivity contribution < 1.29 is 9.59 Å². The van der Waals surface area contributed by atoms with Crippen molar-refractivity contribution >= 4 is 23.2 Å². The number of nitrogens with one attached hydrogen (secondary N) is 1. The van der Waals surface area contributed by atoms with Gasteiger partial charge < -0.3 is 15.1 Å². The van der Waals surface area contributed by atoms with Crippen molar-refractivity contribution in [1.29, 1.82) is 0 Å². The zero-order valence-corrected chi connectivity index (χ0v) is 16.9. The van der Waals surface area contributed by atoms with Gasteiger partial charge in [-0.2, -0.15) is 0 Å². The van der Waals surface area contributed by atoms with Crippen LogP contribution in [-0.4, -0.2) is 47.9 Å². The van der Waals surface area contributed by atoms with Gasteiger partial charge in [-0.3, -0.25) is 14.6 Å². The largest absolute Gasteiger partial charge is 0.368 e. The lowest BCUT2D eigenvalue weighted by molar-refractivity contribution is -0.129. The van der Waals surface area contributed by atoms with E-state index in [0.29, 0.717) is 18.8 Å². The fraction of sp³-hybridized carbons (Fsp3) is 0.409. The maximum absolute atomic E-state index is 12.9. The minimum atomic E-state index is -0.195. The van der Waals surface area contributed by atoms with Crippen LogP contribution in [0.3, 0.4) is 0 Å². The lowest BCUT2D eigenvalue weighted by Crippen LogP contribution is -2.48. The number of para-hydroxylation sites is 1. The maximum Gasteiger partial charge on any atom is 0.274 e. The summed E-state index contributed by atoms with van der Waals surface area (Å²) >= 11 is 0. The number of aromatic nitrogens is 1. The average molecular weight is 380 g/mol. The van der Waals surface area contributed by atoms with Crippen LogP contribution < -0.4 is 10.2 Å². The Kier molecular flexibility index (Phi) is 6.29. The van der Waals surface area contributed by atoms with E-state index in [0.717, 1.165) is 48.4 Å². The second-order valence-corrected chi connectivity index (χ2v) is 7.00. The molecular formula is C22H28N4O2. The van der Waals surface area contributed by atoms with Gasteiger partial charge in [0.1, 0.15) is 5.69 Å². The highest BCUT2D eigenvalue weighted by molar-refractivity contribution is 6.04. The van der Waals surface area contributed by atoms with Gasteiger partial charge in [0.05, 0.1) is 0 Å². The Morgan fingerprint density at radius 3 is 2.25 bits per heavy atom. The van der Waals surface area contributed by atoms with Gasteiger partial charge in [-0.1, -0.05) is 32.0 Å². The molecule has 1 aliphatic rings. The third-order valence-corrected chi connectivity index (χ3v) is 5.30. The van der Waals surface area contributed by atoms with Gasteiger partial charge in [0, 0.05) is 50.7 Å². The predicted octanol–water partition coefficient (Wildman–Crippen LogP) is 3.13. The monoisotopic (exact) mass is 380 g/mol. The first kappa shape index (κ1) is 19.9. The molecule has 6 heteroatoms. The number of benzene rings is 1. The topological polar surface area (TPSA) is 65.5 Å². The third kappa shape index (κ3) is 4.32. The number of carbonyl (C=O) groups is 2. The zero-order chi connectivity index (χ0) is 20.1. The van der Waals surface area contributed by atoms with Crippen molar-refractivity contribution in [1.82, 2.24) is 9.88 Å². The molecule has 148 valence electrons. The Balaban J connectivity index is 1.76. The highest BCUT2D eigenvalue weighted by Crippen LogP contribution is 2.24. The fourth-order valence-electron chi connectivity index (χ4n) is 3.60. The number of amides is 2. The van der Waals surface area contributed by atoms with E-state index in [-0.39, 0.29) is 11.8 Å². The minimum absolute atomic E-state index is 0.107. The Bertz CT molecular complexity index is 835. The molecule has 0 spiro atoms. The average Bonchev–Trinajstić information content (AvgIpc) is 2.74. The molecular weight excluding hydrogens is 352 g/mol. The summed E-state index contributed by atoms with van der Waals surface area (Å²) in [5, 5.41) is 3.08. The molecule has 1 aromatic carbocycles. The second-order valence-electron chi connectivity index (χ2n) is 7.00. The summed E-state index contributed by atoms with van der Waals surface area (Å²) in [6, 6.07) is 9.88. The van der Waals surface area contributed by atoms with E-state index in [4.69, 9.17) is 0 Å². The summed E-state index contributed by atoms with van der Waals surface area (Å²) in [7, 11) is 0. The van der Waals surface area contributed by atoms with Crippen molar-refractivity contribution in [3.05, 3.63) is 53.3 Å². The third-order valence-electron chi connectivity index (χ3n) is 5.30. The number of piperazine rings is 1. The smallest absolute Gasteiger partial charge is 0.274 e. The van der Waals surface area contributed by atoms with Gasteiger partial charge in [-0.15, -0.1) is 0 Å². The first-order chi connectivity index (χ1) is 13.5. The number of nitrogens with zero attached hydrogens (tertiary/aromatic N) is 3. The molecule has 1 saturated heterocycles. The number of hydrogen-bond acceptors (Lipinski definition) is 4. The number of aryl methyl sites for hydroxylation is 2. The second kappa shape index (κ2) is 8.87. The Labute approximate surface area is 166 Å². The first-order valence-electron chi connectivity index (χ1n) is 9.92. The summed E-state index contributed by atoms with van der Waals surface area (Å²) < 4.78 is 0. The molecule has 1 aliphatic heterocycles. The molecule has 28 heavy (non-hydrogen) atoms. The number of carbonyl (C=O) groups excluding carboxylic acids is 2. The van der Waals surface area contributed by atoms with Crippen LogP contribution in [-0.2, 0) is 17.6 Å². The molecule has 0 bridgehead atoms. The highest BCUT2D eigenvalue weighted by Gasteiger charge is 2.20. The molecule has 2 amide bonds. The zero-order valence-electron chi connectivity index (χ0n) is 16.9. The van der Waals surface area contributed by atoms with Gasteiger partial charge in [0.2, 0.25) is 5.91 Å². The first-order valence-corrected chi connectivity index (χ1v) is 9.92. The molecule has 2 heterocycles. The predicted molar refractivity (Wildman–Crippen MR) is 112 cm³/mol. The number of hydrogen-bond donors (Lipinski definition) is 1. The molecule has 3 rings (SSSR count). The molecule has 1 aromatic heterocycles. The van der Waals surface area contributed by atoms with Gasteiger partial charge in [-0.05, 0) is 36.1 Å². The molecule has 1 fully saturated rings. The van der Waals surface area contributed by atoms with Crippen LogP contribution in [0, 0.1) is 0 Å². The van der Waals surface area contributed by atoms with Crippen LogP contribution in [0.1, 0.15) is 42.4 Å². The van der Waals surface area contributed by atoms with Crippen molar-refractivity contribution in [2.45, 2.75) is 33.6 Å². The Morgan fingerprint density at radius 2 is 1.68 bits per heavy atom. The van der Waals surface area contributed by atoms with Crippen LogP contribution >= 0.6 is 0 Å². The number of anilines is 2. The van der Waals surface area contributed by atoms with Gasteiger partial charge in [0.15, 0.2) is 0 Å². The Hall–Kier alpha value is -2.89. The van der Waals surface area contributed by atoms with Crippen LogP contribution in [0.4, 0.5) is 11.4 Å². The molecule has 6 nitrogen and oxygen atoms in total. The van der Waals surface area contributed by atoms with Crippen LogP contribution in [0.2, 0.25) is 0 Å². The van der Waals surface area contributed by atoms with E-state index in [1.165, 1.54) is 0 Å². The maximum atomic E-state index is 12.9. The van der Waals surface area contributed by atoms with E-state index in [2.05, 4.69) is 29.0 Å². The van der Waals surface area contributed by atoms with E-state index < -0.39 is 0 Å². The van der Waals surface area contributed by atoms with Gasteiger partial charge in [0.25, 0.3) is 5.91 Å². The molecule has 0 radical (unpaired) electrons. The summed E-state index contributed by atoms with van der Waals surface area (Å²) in [5.41, 5.74) is 4.52. The highest BCUT2D eigenvalue weighted by atomic mass is 16.2. The summed E-state index contributed by atoms with van der Waals surface area (Å²) in [6.07, 6.45) is 3.39. The van der Waals surface area contributed by atoms with Crippen molar-refractivity contribution in [3.8, 4) is 0 Å². The lowest BCUT2D eigenvalue weighted by Gasteiger charge is -2.35. The van der Waals surface area contributed by atoms with Crippen molar-refractivity contribution in [3.63, 3.8) is 0 Å². The molecule has 0 aliphatic carbocycles. The molecule has 0 atom stereocenters.